The molecule has 2 amide bonds. The van der Waals surface area contributed by atoms with Crippen molar-refractivity contribution in [1.29, 1.82) is 0 Å². The zero-order valence-corrected chi connectivity index (χ0v) is 11.5. The summed E-state index contributed by atoms with van der Waals surface area (Å²) in [7, 11) is 0. The first kappa shape index (κ1) is 13.3. The van der Waals surface area contributed by atoms with Gasteiger partial charge >= 0.3 is 0 Å². The van der Waals surface area contributed by atoms with Crippen LogP contribution in [-0.2, 0) is 0 Å². The van der Waals surface area contributed by atoms with E-state index >= 15 is 0 Å². The largest absolute Gasteiger partial charge is 0.315 e. The Labute approximate surface area is 118 Å². The lowest BCUT2D eigenvalue weighted by Gasteiger charge is -2.22. The van der Waals surface area contributed by atoms with Crippen molar-refractivity contribution >= 4 is 11.8 Å². The molecule has 0 unspecified atom stereocenters. The first-order chi connectivity index (χ1) is 9.77. The Bertz CT molecular complexity index is 487. The van der Waals surface area contributed by atoms with Gasteiger partial charge in [-0.1, -0.05) is 12.1 Å². The van der Waals surface area contributed by atoms with E-state index in [1.54, 1.807) is 24.3 Å². The number of carbonyl (C=O) groups is 2. The first-order valence-corrected chi connectivity index (χ1v) is 7.15. The zero-order valence-electron chi connectivity index (χ0n) is 11.5. The molecule has 0 spiro atoms. The van der Waals surface area contributed by atoms with Crippen LogP contribution in [0, 0.1) is 0 Å². The van der Waals surface area contributed by atoms with E-state index in [0.717, 1.165) is 39.1 Å². The number of hydrogen-bond acceptors (Lipinski definition) is 4. The number of imide groups is 1. The molecule has 3 rings (SSSR count). The first-order valence-electron chi connectivity index (χ1n) is 7.15. The molecule has 0 bridgehead atoms. The molecule has 1 saturated heterocycles. The van der Waals surface area contributed by atoms with Crippen LogP contribution in [0.4, 0.5) is 0 Å². The lowest BCUT2D eigenvalue weighted by Crippen LogP contribution is -2.39. The molecule has 1 aromatic rings. The summed E-state index contributed by atoms with van der Waals surface area (Å²) in [6.07, 6.45) is 1.11. The van der Waals surface area contributed by atoms with E-state index in [9.17, 15) is 9.59 Å². The fraction of sp³-hybridized carbons (Fsp3) is 0.467. The number of fused-ring (bicyclic) bond motifs is 1. The molecule has 2 heterocycles. The number of nitrogens with one attached hydrogen (secondary N) is 1. The molecule has 0 aliphatic carbocycles. The molecule has 1 aromatic carbocycles. The van der Waals surface area contributed by atoms with Gasteiger partial charge in [0.15, 0.2) is 0 Å². The van der Waals surface area contributed by atoms with E-state index in [2.05, 4.69) is 10.2 Å². The van der Waals surface area contributed by atoms with Crippen LogP contribution < -0.4 is 5.32 Å². The van der Waals surface area contributed by atoms with Gasteiger partial charge in [0.05, 0.1) is 11.1 Å². The van der Waals surface area contributed by atoms with Crippen LogP contribution in [0.2, 0.25) is 0 Å². The fourth-order valence-electron chi connectivity index (χ4n) is 2.81. The molecule has 20 heavy (non-hydrogen) atoms. The van der Waals surface area contributed by atoms with Crippen molar-refractivity contribution in [3.63, 3.8) is 0 Å². The van der Waals surface area contributed by atoms with Crippen molar-refractivity contribution < 1.29 is 9.59 Å². The number of rotatable bonds is 3. The third-order valence-corrected chi connectivity index (χ3v) is 3.95. The third kappa shape index (κ3) is 2.46. The van der Waals surface area contributed by atoms with Crippen LogP contribution in [-0.4, -0.2) is 60.9 Å². The summed E-state index contributed by atoms with van der Waals surface area (Å²) in [5.41, 5.74) is 1.07. The van der Waals surface area contributed by atoms with E-state index in [0.29, 0.717) is 17.7 Å². The minimum absolute atomic E-state index is 0.154. The smallest absolute Gasteiger partial charge is 0.261 e. The van der Waals surface area contributed by atoms with Gasteiger partial charge in [0.25, 0.3) is 11.8 Å². The number of nitrogens with zero attached hydrogens (tertiary/aromatic N) is 2. The number of hydrogen-bond donors (Lipinski definition) is 1. The van der Waals surface area contributed by atoms with Crippen LogP contribution in [0.15, 0.2) is 24.3 Å². The minimum Gasteiger partial charge on any atom is -0.315 e. The summed E-state index contributed by atoms with van der Waals surface area (Å²) in [4.78, 5) is 28.1. The van der Waals surface area contributed by atoms with Crippen molar-refractivity contribution in [2.45, 2.75) is 6.42 Å². The highest BCUT2D eigenvalue weighted by molar-refractivity contribution is 6.21. The highest BCUT2D eigenvalue weighted by Gasteiger charge is 2.34. The van der Waals surface area contributed by atoms with E-state index in [1.165, 1.54) is 4.90 Å². The average Bonchev–Trinajstić information content (AvgIpc) is 2.68. The van der Waals surface area contributed by atoms with Gasteiger partial charge in [-0.2, -0.15) is 0 Å². The summed E-state index contributed by atoms with van der Waals surface area (Å²) in [5.74, 6) is -0.308. The van der Waals surface area contributed by atoms with Gasteiger partial charge in [-0.05, 0) is 31.6 Å². The van der Waals surface area contributed by atoms with Gasteiger partial charge in [0.1, 0.15) is 0 Å². The summed E-state index contributed by atoms with van der Waals surface area (Å²) in [5, 5.41) is 3.35. The van der Waals surface area contributed by atoms with Crippen molar-refractivity contribution in [1.82, 2.24) is 15.1 Å². The maximum Gasteiger partial charge on any atom is 0.261 e. The standard InChI is InChI=1S/C15H19N3O2/c19-14-12-4-1-2-5-13(12)15(20)18(14)11-10-17-8-3-6-16-7-9-17/h1-2,4-5,16H,3,6-11H2. The zero-order chi connectivity index (χ0) is 13.9. The third-order valence-electron chi connectivity index (χ3n) is 3.95. The highest BCUT2D eigenvalue weighted by Crippen LogP contribution is 2.22. The Morgan fingerprint density at radius 3 is 2.35 bits per heavy atom. The molecule has 5 heteroatoms. The normalized spacial score (nSPS) is 20.1. The molecular weight excluding hydrogens is 254 g/mol. The second kappa shape index (κ2) is 5.73. The summed E-state index contributed by atoms with van der Waals surface area (Å²) >= 11 is 0. The molecule has 106 valence electrons. The number of carbonyl (C=O) groups excluding carboxylic acids is 2. The van der Waals surface area contributed by atoms with Crippen LogP contribution >= 0.6 is 0 Å². The Balaban J connectivity index is 1.64. The molecular formula is C15H19N3O2. The maximum absolute atomic E-state index is 12.2. The Hall–Kier alpha value is -1.72. The Kier molecular flexibility index (Phi) is 3.80. The minimum atomic E-state index is -0.154. The monoisotopic (exact) mass is 273 g/mol. The highest BCUT2D eigenvalue weighted by atomic mass is 16.2. The summed E-state index contributed by atoms with van der Waals surface area (Å²) < 4.78 is 0. The van der Waals surface area contributed by atoms with Gasteiger partial charge in [-0.15, -0.1) is 0 Å². The Morgan fingerprint density at radius 1 is 0.950 bits per heavy atom. The predicted octanol–water partition coefficient (Wildman–Crippen LogP) is 0.578. The van der Waals surface area contributed by atoms with E-state index in [1.807, 2.05) is 0 Å². The van der Waals surface area contributed by atoms with Crippen LogP contribution in [0.25, 0.3) is 0 Å². The van der Waals surface area contributed by atoms with Gasteiger partial charge < -0.3 is 10.2 Å². The van der Waals surface area contributed by atoms with Gasteiger partial charge in [0, 0.05) is 26.2 Å². The van der Waals surface area contributed by atoms with Crippen LogP contribution in [0.1, 0.15) is 27.1 Å². The second-order valence-corrected chi connectivity index (χ2v) is 5.25. The molecule has 2 aliphatic rings. The molecule has 0 saturated carbocycles. The quantitative estimate of drug-likeness (QED) is 0.819. The van der Waals surface area contributed by atoms with E-state index < -0.39 is 0 Å². The van der Waals surface area contributed by atoms with Gasteiger partial charge in [-0.25, -0.2) is 0 Å². The molecule has 1 fully saturated rings. The van der Waals surface area contributed by atoms with Gasteiger partial charge in [0.2, 0.25) is 0 Å². The van der Waals surface area contributed by atoms with Crippen molar-refractivity contribution in [3.8, 4) is 0 Å². The molecule has 0 atom stereocenters. The Morgan fingerprint density at radius 2 is 1.65 bits per heavy atom. The molecule has 0 radical (unpaired) electrons. The lowest BCUT2D eigenvalue weighted by molar-refractivity contribution is 0.0637. The summed E-state index contributed by atoms with van der Waals surface area (Å²) in [6.45, 7) is 5.25. The van der Waals surface area contributed by atoms with Crippen molar-refractivity contribution in [2.75, 3.05) is 39.3 Å². The fourth-order valence-corrected chi connectivity index (χ4v) is 2.81. The van der Waals surface area contributed by atoms with Crippen LogP contribution in [0.5, 0.6) is 0 Å². The molecule has 5 nitrogen and oxygen atoms in total. The van der Waals surface area contributed by atoms with Gasteiger partial charge in [-0.3, -0.25) is 14.5 Å². The average molecular weight is 273 g/mol. The predicted molar refractivity (Wildman–Crippen MR) is 75.7 cm³/mol. The number of amides is 2. The van der Waals surface area contributed by atoms with Crippen molar-refractivity contribution in [3.05, 3.63) is 35.4 Å². The lowest BCUT2D eigenvalue weighted by atomic mass is 10.1. The summed E-state index contributed by atoms with van der Waals surface area (Å²) in [6, 6.07) is 7.05. The van der Waals surface area contributed by atoms with Crippen LogP contribution in [0.3, 0.4) is 0 Å². The number of benzene rings is 1. The van der Waals surface area contributed by atoms with E-state index in [4.69, 9.17) is 0 Å². The maximum atomic E-state index is 12.2. The molecule has 0 aromatic heterocycles. The SMILES string of the molecule is O=C1c2ccccc2C(=O)N1CCN1CCCNCC1. The molecule has 1 N–H and O–H groups in total. The van der Waals surface area contributed by atoms with E-state index in [-0.39, 0.29) is 11.8 Å². The topological polar surface area (TPSA) is 52.7 Å². The second-order valence-electron chi connectivity index (χ2n) is 5.25. The van der Waals surface area contributed by atoms with Crippen molar-refractivity contribution in [2.24, 2.45) is 0 Å². The molecule has 2 aliphatic heterocycles.